The zero-order valence-corrected chi connectivity index (χ0v) is 12.7. The minimum atomic E-state index is 0.528. The van der Waals surface area contributed by atoms with E-state index < -0.39 is 0 Å². The molecule has 2 atom stereocenters. The summed E-state index contributed by atoms with van der Waals surface area (Å²) in [5.41, 5.74) is 9.84. The summed E-state index contributed by atoms with van der Waals surface area (Å²) in [4.78, 5) is 5.00. The lowest BCUT2D eigenvalue weighted by Gasteiger charge is -2.46. The van der Waals surface area contributed by atoms with Crippen LogP contribution in [0.4, 0.5) is 5.69 Å². The number of hydrogen-bond donors (Lipinski definition) is 1. The van der Waals surface area contributed by atoms with Gasteiger partial charge in [-0.1, -0.05) is 6.07 Å². The van der Waals surface area contributed by atoms with Gasteiger partial charge in [0.05, 0.1) is 0 Å². The molecular formula is C16H27N3. The quantitative estimate of drug-likeness (QED) is 0.905. The van der Waals surface area contributed by atoms with Gasteiger partial charge < -0.3 is 15.5 Å². The third kappa shape index (κ3) is 3.28. The van der Waals surface area contributed by atoms with Gasteiger partial charge in [-0.05, 0) is 64.0 Å². The topological polar surface area (TPSA) is 32.5 Å². The molecule has 0 amide bonds. The summed E-state index contributed by atoms with van der Waals surface area (Å²) >= 11 is 0. The van der Waals surface area contributed by atoms with Gasteiger partial charge in [-0.15, -0.1) is 0 Å². The Hall–Kier alpha value is -1.06. The Balaban J connectivity index is 2.32. The Morgan fingerprint density at radius 1 is 1.16 bits per heavy atom. The Morgan fingerprint density at radius 2 is 1.79 bits per heavy atom. The predicted octanol–water partition coefficient (Wildman–Crippen LogP) is 2.16. The summed E-state index contributed by atoms with van der Waals surface area (Å²) in [5, 5.41) is 0. The largest absolute Gasteiger partial charge is 0.363 e. The van der Waals surface area contributed by atoms with Crippen LogP contribution in [0.5, 0.6) is 0 Å². The van der Waals surface area contributed by atoms with Crippen LogP contribution < -0.4 is 10.6 Å². The molecule has 1 fully saturated rings. The molecule has 2 unspecified atom stereocenters. The monoisotopic (exact) mass is 261 g/mol. The SMILES string of the molecule is Cc1cc(C)cc(N2C(C)CN(C)CC2CCN)c1. The molecule has 1 heterocycles. The van der Waals surface area contributed by atoms with Gasteiger partial charge in [-0.25, -0.2) is 0 Å². The lowest BCUT2D eigenvalue weighted by molar-refractivity contribution is 0.227. The fourth-order valence-electron chi connectivity index (χ4n) is 3.41. The molecule has 19 heavy (non-hydrogen) atoms. The molecule has 1 aromatic rings. The number of nitrogens with two attached hydrogens (primary N) is 1. The highest BCUT2D eigenvalue weighted by Crippen LogP contribution is 2.27. The van der Waals surface area contributed by atoms with Gasteiger partial charge in [0.1, 0.15) is 0 Å². The van der Waals surface area contributed by atoms with E-state index in [0.29, 0.717) is 12.1 Å². The van der Waals surface area contributed by atoms with E-state index in [0.717, 1.165) is 26.1 Å². The van der Waals surface area contributed by atoms with Crippen molar-refractivity contribution in [3.8, 4) is 0 Å². The normalized spacial score (nSPS) is 24.8. The summed E-state index contributed by atoms with van der Waals surface area (Å²) in [6, 6.07) is 7.91. The number of anilines is 1. The molecule has 2 N–H and O–H groups in total. The standard InChI is InChI=1S/C16H27N3/c1-12-7-13(2)9-16(8-12)19-14(3)10-18(4)11-15(19)5-6-17/h7-9,14-15H,5-6,10-11,17H2,1-4H3. The highest BCUT2D eigenvalue weighted by atomic mass is 15.3. The molecule has 1 aliphatic rings. The first-order valence-electron chi connectivity index (χ1n) is 7.26. The van der Waals surface area contributed by atoms with Crippen molar-refractivity contribution in [1.29, 1.82) is 0 Å². The fourth-order valence-corrected chi connectivity index (χ4v) is 3.41. The highest BCUT2D eigenvalue weighted by Gasteiger charge is 2.30. The van der Waals surface area contributed by atoms with Crippen molar-refractivity contribution in [1.82, 2.24) is 4.90 Å². The van der Waals surface area contributed by atoms with Gasteiger partial charge in [0.25, 0.3) is 0 Å². The van der Waals surface area contributed by atoms with Crippen LogP contribution >= 0.6 is 0 Å². The van der Waals surface area contributed by atoms with Crippen molar-refractivity contribution in [3.05, 3.63) is 29.3 Å². The summed E-state index contributed by atoms with van der Waals surface area (Å²) < 4.78 is 0. The number of rotatable bonds is 3. The summed E-state index contributed by atoms with van der Waals surface area (Å²) in [6.45, 7) is 9.65. The van der Waals surface area contributed by atoms with E-state index >= 15 is 0 Å². The van der Waals surface area contributed by atoms with Crippen LogP contribution in [0.3, 0.4) is 0 Å². The van der Waals surface area contributed by atoms with Crippen molar-refractivity contribution in [2.75, 3.05) is 31.6 Å². The van der Waals surface area contributed by atoms with Crippen LogP contribution in [-0.2, 0) is 0 Å². The van der Waals surface area contributed by atoms with Crippen LogP contribution in [0.25, 0.3) is 0 Å². The maximum atomic E-state index is 5.81. The van der Waals surface area contributed by atoms with Crippen molar-refractivity contribution in [2.24, 2.45) is 5.73 Å². The summed E-state index contributed by atoms with van der Waals surface area (Å²) in [7, 11) is 2.21. The molecule has 0 spiro atoms. The Kier molecular flexibility index (Phi) is 4.48. The molecule has 2 rings (SSSR count). The summed E-state index contributed by atoms with van der Waals surface area (Å²) in [5.74, 6) is 0. The third-order valence-corrected chi connectivity index (χ3v) is 3.97. The van der Waals surface area contributed by atoms with E-state index in [-0.39, 0.29) is 0 Å². The van der Waals surface area contributed by atoms with Crippen molar-refractivity contribution in [3.63, 3.8) is 0 Å². The van der Waals surface area contributed by atoms with E-state index in [4.69, 9.17) is 5.73 Å². The second kappa shape index (κ2) is 5.93. The van der Waals surface area contributed by atoms with Crippen molar-refractivity contribution < 1.29 is 0 Å². The molecular weight excluding hydrogens is 234 g/mol. The first-order valence-corrected chi connectivity index (χ1v) is 7.26. The van der Waals surface area contributed by atoms with E-state index in [1.54, 1.807) is 0 Å². The maximum Gasteiger partial charge on any atom is 0.0432 e. The number of piperazine rings is 1. The Labute approximate surface area is 117 Å². The van der Waals surface area contributed by atoms with Gasteiger partial charge in [0.15, 0.2) is 0 Å². The molecule has 0 bridgehead atoms. The second-order valence-corrected chi connectivity index (χ2v) is 6.05. The van der Waals surface area contributed by atoms with Crippen LogP contribution in [0.1, 0.15) is 24.5 Å². The molecule has 106 valence electrons. The number of nitrogens with zero attached hydrogens (tertiary/aromatic N) is 2. The first kappa shape index (κ1) is 14.4. The van der Waals surface area contributed by atoms with E-state index in [1.165, 1.54) is 16.8 Å². The lowest BCUT2D eigenvalue weighted by atomic mass is 10.0. The van der Waals surface area contributed by atoms with Gasteiger partial charge in [0, 0.05) is 30.9 Å². The molecule has 0 aromatic heterocycles. The molecule has 0 saturated carbocycles. The predicted molar refractivity (Wildman–Crippen MR) is 82.8 cm³/mol. The molecule has 1 aliphatic heterocycles. The Bertz CT molecular complexity index is 410. The Morgan fingerprint density at radius 3 is 2.37 bits per heavy atom. The molecule has 0 radical (unpaired) electrons. The van der Waals surface area contributed by atoms with Crippen LogP contribution in [0.15, 0.2) is 18.2 Å². The van der Waals surface area contributed by atoms with Gasteiger partial charge in [-0.3, -0.25) is 0 Å². The van der Waals surface area contributed by atoms with Gasteiger partial charge in [0.2, 0.25) is 0 Å². The number of benzene rings is 1. The van der Waals surface area contributed by atoms with Crippen LogP contribution in [0, 0.1) is 13.8 Å². The second-order valence-electron chi connectivity index (χ2n) is 6.05. The van der Waals surface area contributed by atoms with Crippen LogP contribution in [-0.4, -0.2) is 43.7 Å². The van der Waals surface area contributed by atoms with E-state index in [1.807, 2.05) is 0 Å². The lowest BCUT2D eigenvalue weighted by Crippen LogP contribution is -2.57. The minimum absolute atomic E-state index is 0.528. The number of hydrogen-bond acceptors (Lipinski definition) is 3. The van der Waals surface area contributed by atoms with E-state index in [2.05, 4.69) is 55.8 Å². The number of aryl methyl sites for hydroxylation is 2. The molecule has 0 aliphatic carbocycles. The summed E-state index contributed by atoms with van der Waals surface area (Å²) in [6.07, 6.45) is 1.06. The average Bonchev–Trinajstić information content (AvgIpc) is 2.26. The minimum Gasteiger partial charge on any atom is -0.363 e. The smallest absolute Gasteiger partial charge is 0.0432 e. The zero-order valence-electron chi connectivity index (χ0n) is 12.7. The van der Waals surface area contributed by atoms with Crippen LogP contribution in [0.2, 0.25) is 0 Å². The third-order valence-electron chi connectivity index (χ3n) is 3.97. The molecule has 1 saturated heterocycles. The number of likely N-dealkylation sites (N-methyl/N-ethyl adjacent to an activating group) is 1. The molecule has 3 nitrogen and oxygen atoms in total. The maximum absolute atomic E-state index is 5.81. The zero-order chi connectivity index (χ0) is 14.0. The molecule has 1 aromatic carbocycles. The average molecular weight is 261 g/mol. The highest BCUT2D eigenvalue weighted by molar-refractivity contribution is 5.53. The van der Waals surface area contributed by atoms with Crippen molar-refractivity contribution in [2.45, 2.75) is 39.3 Å². The van der Waals surface area contributed by atoms with E-state index in [9.17, 15) is 0 Å². The fraction of sp³-hybridized carbons (Fsp3) is 0.625. The van der Waals surface area contributed by atoms with Gasteiger partial charge >= 0.3 is 0 Å². The van der Waals surface area contributed by atoms with Gasteiger partial charge in [-0.2, -0.15) is 0 Å². The first-order chi connectivity index (χ1) is 9.01. The molecule has 3 heteroatoms. The van der Waals surface area contributed by atoms with Crippen molar-refractivity contribution >= 4 is 5.69 Å².